The summed E-state index contributed by atoms with van der Waals surface area (Å²) in [6.07, 6.45) is 5.61. The molecule has 0 amide bonds. The van der Waals surface area contributed by atoms with Gasteiger partial charge in [0.1, 0.15) is 6.33 Å². The number of nitrogens with zero attached hydrogens (tertiary/aromatic N) is 6. The van der Waals surface area contributed by atoms with E-state index in [9.17, 15) is 4.79 Å². The van der Waals surface area contributed by atoms with Crippen LogP contribution < -0.4 is 5.56 Å². The minimum absolute atomic E-state index is 0.183. The molecule has 0 bridgehead atoms. The highest BCUT2D eigenvalue weighted by Gasteiger charge is 2.09. The van der Waals surface area contributed by atoms with Crippen molar-refractivity contribution in [3.8, 4) is 0 Å². The van der Waals surface area contributed by atoms with Gasteiger partial charge in [-0.3, -0.25) is 9.36 Å². The van der Waals surface area contributed by atoms with E-state index >= 15 is 0 Å². The Bertz CT molecular complexity index is 825. The minimum atomic E-state index is -0.183. The van der Waals surface area contributed by atoms with Crippen LogP contribution in [0.4, 0.5) is 0 Å². The summed E-state index contributed by atoms with van der Waals surface area (Å²) in [7, 11) is 1.67. The lowest BCUT2D eigenvalue weighted by atomic mass is 10.3. The summed E-state index contributed by atoms with van der Waals surface area (Å²) >= 11 is 0. The number of ether oxygens (including phenoxy) is 1. The van der Waals surface area contributed by atoms with Gasteiger partial charge in [-0.15, -0.1) is 10.2 Å². The molecule has 8 heteroatoms. The Morgan fingerprint density at radius 3 is 3.00 bits per heavy atom. The van der Waals surface area contributed by atoms with Gasteiger partial charge in [0.15, 0.2) is 11.3 Å². The van der Waals surface area contributed by atoms with Crippen LogP contribution in [0.15, 0.2) is 35.8 Å². The summed E-state index contributed by atoms with van der Waals surface area (Å²) in [6.45, 7) is 1.72. The number of hydrogen-bond donors (Lipinski definition) is 0. The van der Waals surface area contributed by atoms with Gasteiger partial charge in [-0.2, -0.15) is 0 Å². The smallest absolute Gasteiger partial charge is 0.280 e. The fourth-order valence-corrected chi connectivity index (χ4v) is 2.22. The average Bonchev–Trinajstić information content (AvgIpc) is 2.98. The fourth-order valence-electron chi connectivity index (χ4n) is 2.22. The monoisotopic (exact) mass is 300 g/mol. The van der Waals surface area contributed by atoms with Crippen molar-refractivity contribution < 1.29 is 4.74 Å². The lowest BCUT2D eigenvalue weighted by molar-refractivity contribution is 0.190. The number of fused-ring (bicyclic) bond motifs is 1. The first-order valence-corrected chi connectivity index (χ1v) is 6.95. The maximum atomic E-state index is 12.4. The van der Waals surface area contributed by atoms with E-state index in [4.69, 9.17) is 4.74 Å². The summed E-state index contributed by atoms with van der Waals surface area (Å²) in [5.74, 6) is 0.704. The van der Waals surface area contributed by atoms with E-state index in [2.05, 4.69) is 20.2 Å². The Labute approximate surface area is 126 Å². The maximum Gasteiger partial charge on any atom is 0.280 e. The average molecular weight is 300 g/mol. The molecule has 8 nitrogen and oxygen atoms in total. The van der Waals surface area contributed by atoms with Crippen LogP contribution in [0, 0.1) is 0 Å². The zero-order valence-electron chi connectivity index (χ0n) is 12.2. The van der Waals surface area contributed by atoms with Crippen LogP contribution in [0.1, 0.15) is 12.2 Å². The Hall–Kier alpha value is -2.61. The van der Waals surface area contributed by atoms with E-state index in [0.717, 1.165) is 13.0 Å². The van der Waals surface area contributed by atoms with Crippen molar-refractivity contribution in [2.24, 2.45) is 0 Å². The van der Waals surface area contributed by atoms with Gasteiger partial charge in [0.05, 0.1) is 18.4 Å². The first kappa shape index (κ1) is 14.3. The zero-order valence-corrected chi connectivity index (χ0v) is 12.2. The number of methoxy groups -OCH3 is 1. The molecular weight excluding hydrogens is 284 g/mol. The molecule has 0 aromatic carbocycles. The molecule has 0 fully saturated rings. The molecule has 0 atom stereocenters. The molecule has 0 radical (unpaired) electrons. The topological polar surface area (TPSA) is 87.7 Å². The fraction of sp³-hybridized carbons (Fsp3) is 0.357. The molecule has 0 saturated heterocycles. The second-order valence-corrected chi connectivity index (χ2v) is 4.84. The predicted octanol–water partition coefficient (Wildman–Crippen LogP) is 0.468. The number of pyridine rings is 1. The van der Waals surface area contributed by atoms with Gasteiger partial charge in [-0.25, -0.2) is 9.97 Å². The summed E-state index contributed by atoms with van der Waals surface area (Å²) in [5.41, 5.74) is 0.762. The van der Waals surface area contributed by atoms with Gasteiger partial charge in [-0.05, 0) is 18.6 Å². The molecular formula is C14H16N6O2. The first-order valence-electron chi connectivity index (χ1n) is 6.95. The van der Waals surface area contributed by atoms with Crippen molar-refractivity contribution in [2.45, 2.75) is 19.5 Å². The third-order valence-corrected chi connectivity index (χ3v) is 3.34. The molecule has 0 aliphatic rings. The van der Waals surface area contributed by atoms with Crippen LogP contribution in [0.3, 0.4) is 0 Å². The molecule has 3 aromatic rings. The second-order valence-electron chi connectivity index (χ2n) is 4.84. The summed E-state index contributed by atoms with van der Waals surface area (Å²) < 4.78 is 8.44. The normalized spacial score (nSPS) is 11.1. The molecule has 114 valence electrons. The number of aromatic nitrogens is 6. The highest BCUT2D eigenvalue weighted by Crippen LogP contribution is 2.03. The van der Waals surface area contributed by atoms with Crippen molar-refractivity contribution in [1.29, 1.82) is 0 Å². The number of aryl methyl sites for hydroxylation is 1. The van der Waals surface area contributed by atoms with Crippen LogP contribution in [0.5, 0.6) is 0 Å². The number of rotatable bonds is 6. The number of hydrogen-bond acceptors (Lipinski definition) is 6. The summed E-state index contributed by atoms with van der Waals surface area (Å²) in [5, 5.41) is 7.99. The Morgan fingerprint density at radius 2 is 2.14 bits per heavy atom. The van der Waals surface area contributed by atoms with E-state index in [1.165, 1.54) is 10.9 Å². The van der Waals surface area contributed by atoms with Crippen molar-refractivity contribution in [3.63, 3.8) is 0 Å². The Morgan fingerprint density at radius 1 is 1.23 bits per heavy atom. The van der Waals surface area contributed by atoms with Gasteiger partial charge in [0, 0.05) is 26.5 Å². The lowest BCUT2D eigenvalue weighted by Crippen LogP contribution is -2.23. The summed E-state index contributed by atoms with van der Waals surface area (Å²) in [6, 6.07) is 3.52. The Balaban J connectivity index is 1.86. The molecule has 3 heterocycles. The molecule has 22 heavy (non-hydrogen) atoms. The lowest BCUT2D eigenvalue weighted by Gasteiger charge is -2.08. The standard InChI is InChI=1S/C14H16N6O2/c1-22-7-3-6-19-10-17-18-12(19)8-20-9-16-11-4-2-5-15-13(11)14(20)21/h2,4-5,9-10H,3,6-8H2,1H3. The van der Waals surface area contributed by atoms with Crippen molar-refractivity contribution in [2.75, 3.05) is 13.7 Å². The predicted molar refractivity (Wildman–Crippen MR) is 79.4 cm³/mol. The van der Waals surface area contributed by atoms with Crippen molar-refractivity contribution in [1.82, 2.24) is 29.3 Å². The van der Waals surface area contributed by atoms with E-state index in [0.29, 0.717) is 30.0 Å². The van der Waals surface area contributed by atoms with Crippen LogP contribution >= 0.6 is 0 Å². The molecule has 3 aromatic heterocycles. The van der Waals surface area contributed by atoms with Gasteiger partial charge < -0.3 is 9.30 Å². The van der Waals surface area contributed by atoms with Gasteiger partial charge >= 0.3 is 0 Å². The van der Waals surface area contributed by atoms with Gasteiger partial charge in [0.25, 0.3) is 5.56 Å². The molecule has 0 saturated carbocycles. The van der Waals surface area contributed by atoms with Crippen LogP contribution in [0.25, 0.3) is 11.0 Å². The van der Waals surface area contributed by atoms with E-state index in [1.54, 1.807) is 31.8 Å². The molecule has 0 unspecified atom stereocenters. The molecule has 0 spiro atoms. The van der Waals surface area contributed by atoms with Crippen molar-refractivity contribution >= 4 is 11.0 Å². The molecule has 0 aliphatic carbocycles. The Kier molecular flexibility index (Phi) is 4.19. The molecule has 0 N–H and O–H groups in total. The second kappa shape index (κ2) is 6.44. The summed E-state index contributed by atoms with van der Waals surface area (Å²) in [4.78, 5) is 20.8. The van der Waals surface area contributed by atoms with Gasteiger partial charge in [-0.1, -0.05) is 0 Å². The molecule has 3 rings (SSSR count). The van der Waals surface area contributed by atoms with Crippen molar-refractivity contribution in [3.05, 3.63) is 47.2 Å². The highest BCUT2D eigenvalue weighted by molar-refractivity contribution is 5.71. The third-order valence-electron chi connectivity index (χ3n) is 3.34. The van der Waals surface area contributed by atoms with E-state index in [-0.39, 0.29) is 5.56 Å². The largest absolute Gasteiger partial charge is 0.385 e. The van der Waals surface area contributed by atoms with E-state index in [1.807, 2.05) is 4.57 Å². The van der Waals surface area contributed by atoms with Crippen LogP contribution in [-0.2, 0) is 17.8 Å². The SMILES string of the molecule is COCCCn1cnnc1Cn1cnc2cccnc2c1=O. The molecule has 0 aliphatic heterocycles. The van der Waals surface area contributed by atoms with E-state index < -0.39 is 0 Å². The first-order chi connectivity index (χ1) is 10.8. The maximum absolute atomic E-state index is 12.4. The zero-order chi connectivity index (χ0) is 15.4. The third kappa shape index (κ3) is 2.86. The quantitative estimate of drug-likeness (QED) is 0.615. The van der Waals surface area contributed by atoms with Crippen LogP contribution in [-0.4, -0.2) is 43.0 Å². The minimum Gasteiger partial charge on any atom is -0.385 e. The van der Waals surface area contributed by atoms with Gasteiger partial charge in [0.2, 0.25) is 0 Å². The van der Waals surface area contributed by atoms with Crippen LogP contribution in [0.2, 0.25) is 0 Å². The highest BCUT2D eigenvalue weighted by atomic mass is 16.5.